The summed E-state index contributed by atoms with van der Waals surface area (Å²) in [5.74, 6) is 0.111. The topological polar surface area (TPSA) is 52.3 Å². The third kappa shape index (κ3) is 4.18. The molecule has 128 valence electrons. The Balaban J connectivity index is 1.60. The lowest BCUT2D eigenvalue weighted by Crippen LogP contribution is -2.17. The standard InChI is InChI=1S/C22H23NO2/c1-16(22(24)25-15-17-7-3-2-4-8-17)11-12-19-14-13-18-9-5-6-10-20(18)21(19)23/h2-4,6-8,10-12,14,18H,1,5,9,13,15,23H2/b12-11-. The molecule has 1 unspecified atom stereocenters. The zero-order valence-electron chi connectivity index (χ0n) is 14.3. The van der Waals surface area contributed by atoms with Crippen LogP contribution in [0.15, 0.2) is 89.7 Å². The van der Waals surface area contributed by atoms with E-state index in [1.807, 2.05) is 36.4 Å². The maximum absolute atomic E-state index is 12.1. The van der Waals surface area contributed by atoms with Gasteiger partial charge in [-0.3, -0.25) is 0 Å². The normalized spacial score (nSPS) is 19.5. The molecular weight excluding hydrogens is 310 g/mol. The van der Waals surface area contributed by atoms with Crippen LogP contribution in [0.1, 0.15) is 24.8 Å². The van der Waals surface area contributed by atoms with E-state index >= 15 is 0 Å². The number of carbonyl (C=O) groups is 1. The molecule has 0 spiro atoms. The van der Waals surface area contributed by atoms with E-state index < -0.39 is 5.97 Å². The Morgan fingerprint density at radius 3 is 2.92 bits per heavy atom. The van der Waals surface area contributed by atoms with Gasteiger partial charge in [-0.1, -0.05) is 61.2 Å². The lowest BCUT2D eigenvalue weighted by atomic mass is 9.80. The quantitative estimate of drug-likeness (QED) is 0.495. The van der Waals surface area contributed by atoms with Crippen LogP contribution < -0.4 is 5.73 Å². The Hall–Kier alpha value is -2.81. The molecule has 1 aromatic carbocycles. The number of rotatable bonds is 5. The number of nitrogens with two attached hydrogens (primary N) is 1. The summed E-state index contributed by atoms with van der Waals surface area (Å²) in [4.78, 5) is 12.1. The van der Waals surface area contributed by atoms with Gasteiger partial charge in [-0.25, -0.2) is 4.79 Å². The van der Waals surface area contributed by atoms with Crippen molar-refractivity contribution >= 4 is 5.97 Å². The second-order valence-electron chi connectivity index (χ2n) is 6.36. The number of benzene rings is 1. The molecule has 0 radical (unpaired) electrons. The summed E-state index contributed by atoms with van der Waals surface area (Å²) in [6, 6.07) is 9.59. The maximum atomic E-state index is 12.1. The van der Waals surface area contributed by atoms with E-state index in [1.165, 1.54) is 5.57 Å². The lowest BCUT2D eigenvalue weighted by Gasteiger charge is -2.26. The third-order valence-corrected chi connectivity index (χ3v) is 4.60. The van der Waals surface area contributed by atoms with Crippen molar-refractivity contribution in [2.24, 2.45) is 11.7 Å². The average molecular weight is 333 g/mol. The fraction of sp³-hybridized carbons (Fsp3) is 0.227. The van der Waals surface area contributed by atoms with Gasteiger partial charge in [0.2, 0.25) is 0 Å². The van der Waals surface area contributed by atoms with Gasteiger partial charge in [0.15, 0.2) is 0 Å². The summed E-state index contributed by atoms with van der Waals surface area (Å²) < 4.78 is 5.28. The number of allylic oxidation sites excluding steroid dienone is 5. The number of ether oxygens (including phenoxy) is 1. The molecule has 0 amide bonds. The second kappa shape index (κ2) is 7.84. The molecule has 3 nitrogen and oxygen atoms in total. The monoisotopic (exact) mass is 333 g/mol. The van der Waals surface area contributed by atoms with Crippen molar-refractivity contribution in [2.75, 3.05) is 0 Å². The highest BCUT2D eigenvalue weighted by Crippen LogP contribution is 2.35. The van der Waals surface area contributed by atoms with Gasteiger partial charge in [-0.05, 0) is 48.0 Å². The molecule has 25 heavy (non-hydrogen) atoms. The highest BCUT2D eigenvalue weighted by atomic mass is 16.5. The smallest absolute Gasteiger partial charge is 0.337 e. The van der Waals surface area contributed by atoms with Gasteiger partial charge in [0, 0.05) is 5.70 Å². The first kappa shape index (κ1) is 17.0. The summed E-state index contributed by atoms with van der Waals surface area (Å²) in [6.07, 6.45) is 13.2. The fourth-order valence-corrected chi connectivity index (χ4v) is 3.13. The van der Waals surface area contributed by atoms with E-state index in [2.05, 4.69) is 24.8 Å². The van der Waals surface area contributed by atoms with Crippen LogP contribution in [0.5, 0.6) is 0 Å². The second-order valence-corrected chi connectivity index (χ2v) is 6.36. The van der Waals surface area contributed by atoms with Crippen molar-refractivity contribution in [3.05, 3.63) is 95.3 Å². The summed E-state index contributed by atoms with van der Waals surface area (Å²) in [5.41, 5.74) is 10.5. The molecule has 0 bridgehead atoms. The molecule has 0 saturated heterocycles. The van der Waals surface area contributed by atoms with Crippen molar-refractivity contribution in [1.29, 1.82) is 0 Å². The lowest BCUT2D eigenvalue weighted by molar-refractivity contribution is -0.139. The van der Waals surface area contributed by atoms with Gasteiger partial charge in [0.05, 0.1) is 5.57 Å². The van der Waals surface area contributed by atoms with Gasteiger partial charge in [0.25, 0.3) is 0 Å². The van der Waals surface area contributed by atoms with Crippen LogP contribution >= 0.6 is 0 Å². The molecule has 2 aliphatic rings. The molecule has 2 N–H and O–H groups in total. The highest BCUT2D eigenvalue weighted by Gasteiger charge is 2.21. The molecular formula is C22H23NO2. The number of fused-ring (bicyclic) bond motifs is 1. The number of hydrogen-bond acceptors (Lipinski definition) is 3. The minimum atomic E-state index is -0.418. The van der Waals surface area contributed by atoms with E-state index in [4.69, 9.17) is 10.5 Å². The van der Waals surface area contributed by atoms with Crippen LogP contribution in [0.2, 0.25) is 0 Å². The molecule has 0 fully saturated rings. The molecule has 3 rings (SSSR count). The van der Waals surface area contributed by atoms with Gasteiger partial charge in [-0.2, -0.15) is 0 Å². The Bertz CT molecular complexity index is 782. The van der Waals surface area contributed by atoms with E-state index in [0.29, 0.717) is 11.5 Å². The minimum Gasteiger partial charge on any atom is -0.457 e. The number of hydrogen-bond donors (Lipinski definition) is 1. The molecule has 0 aromatic heterocycles. The maximum Gasteiger partial charge on any atom is 0.337 e. The zero-order chi connectivity index (χ0) is 17.6. The molecule has 3 heteroatoms. The summed E-state index contributed by atoms with van der Waals surface area (Å²) in [7, 11) is 0. The Kier molecular flexibility index (Phi) is 5.34. The molecule has 0 aliphatic heterocycles. The predicted molar refractivity (Wildman–Crippen MR) is 100 cm³/mol. The first-order chi connectivity index (χ1) is 12.1. The summed E-state index contributed by atoms with van der Waals surface area (Å²) in [5, 5.41) is 0. The van der Waals surface area contributed by atoms with Crippen molar-refractivity contribution in [3.63, 3.8) is 0 Å². The molecule has 0 heterocycles. The van der Waals surface area contributed by atoms with E-state index in [9.17, 15) is 4.79 Å². The Labute approximate surface area is 148 Å². The van der Waals surface area contributed by atoms with Crippen LogP contribution in [0, 0.1) is 5.92 Å². The van der Waals surface area contributed by atoms with Crippen molar-refractivity contribution in [2.45, 2.75) is 25.9 Å². The Morgan fingerprint density at radius 2 is 2.12 bits per heavy atom. The van der Waals surface area contributed by atoms with Gasteiger partial charge < -0.3 is 10.5 Å². The SMILES string of the molecule is C=C(/C=C\C1=CCC2CCC=CC2=C1N)C(=O)OCc1ccccc1. The first-order valence-corrected chi connectivity index (χ1v) is 8.60. The van der Waals surface area contributed by atoms with E-state index in [1.54, 1.807) is 6.08 Å². The van der Waals surface area contributed by atoms with Crippen LogP contribution in [0.4, 0.5) is 0 Å². The third-order valence-electron chi connectivity index (χ3n) is 4.60. The van der Waals surface area contributed by atoms with Crippen LogP contribution in [0.3, 0.4) is 0 Å². The summed E-state index contributed by atoms with van der Waals surface area (Å²) in [6.45, 7) is 4.04. The molecule has 2 aliphatic carbocycles. The van der Waals surface area contributed by atoms with Crippen LogP contribution in [0.25, 0.3) is 0 Å². The van der Waals surface area contributed by atoms with Crippen molar-refractivity contribution in [1.82, 2.24) is 0 Å². The van der Waals surface area contributed by atoms with Gasteiger partial charge >= 0.3 is 5.97 Å². The summed E-state index contributed by atoms with van der Waals surface area (Å²) >= 11 is 0. The fourth-order valence-electron chi connectivity index (χ4n) is 3.13. The van der Waals surface area contributed by atoms with Gasteiger partial charge in [0.1, 0.15) is 6.61 Å². The largest absolute Gasteiger partial charge is 0.457 e. The number of esters is 1. The minimum absolute atomic E-state index is 0.244. The van der Waals surface area contributed by atoms with E-state index in [-0.39, 0.29) is 6.61 Å². The first-order valence-electron chi connectivity index (χ1n) is 8.60. The van der Waals surface area contributed by atoms with Crippen LogP contribution in [-0.4, -0.2) is 5.97 Å². The van der Waals surface area contributed by atoms with E-state index in [0.717, 1.165) is 36.1 Å². The Morgan fingerprint density at radius 1 is 1.32 bits per heavy atom. The molecule has 1 atom stereocenters. The highest BCUT2D eigenvalue weighted by molar-refractivity contribution is 5.91. The van der Waals surface area contributed by atoms with Gasteiger partial charge in [-0.15, -0.1) is 0 Å². The van der Waals surface area contributed by atoms with Crippen LogP contribution in [-0.2, 0) is 16.1 Å². The average Bonchev–Trinajstić information content (AvgIpc) is 2.66. The van der Waals surface area contributed by atoms with Crippen molar-refractivity contribution < 1.29 is 9.53 Å². The molecule has 1 aromatic rings. The zero-order valence-corrected chi connectivity index (χ0v) is 14.3. The predicted octanol–water partition coefficient (Wildman–Crippen LogP) is 4.35. The molecule has 0 saturated carbocycles. The number of carbonyl (C=O) groups excluding carboxylic acids is 1. The van der Waals surface area contributed by atoms with Crippen molar-refractivity contribution in [3.8, 4) is 0 Å².